The summed E-state index contributed by atoms with van der Waals surface area (Å²) in [4.78, 5) is 4.70. The van der Waals surface area contributed by atoms with Crippen LogP contribution in [0.4, 0.5) is 0 Å². The smallest absolute Gasteiger partial charge is 0.0431 e. The fourth-order valence-corrected chi connectivity index (χ4v) is 1.44. The lowest BCUT2D eigenvalue weighted by Crippen LogP contribution is -2.33. The first-order valence-corrected chi connectivity index (χ1v) is 5.68. The van der Waals surface area contributed by atoms with Gasteiger partial charge < -0.3 is 14.9 Å². The van der Waals surface area contributed by atoms with Crippen molar-refractivity contribution in [2.75, 3.05) is 46.9 Å². The lowest BCUT2D eigenvalue weighted by molar-refractivity contribution is 0.223. The Kier molecular flexibility index (Phi) is 9.35. The van der Waals surface area contributed by atoms with E-state index in [0.29, 0.717) is 6.61 Å². The average molecular weight is 202 g/mol. The van der Waals surface area contributed by atoms with Gasteiger partial charge in [0.25, 0.3) is 0 Å². The first-order chi connectivity index (χ1) is 6.70. The average Bonchev–Trinajstić information content (AvgIpc) is 2.14. The van der Waals surface area contributed by atoms with Gasteiger partial charge in [-0.05, 0) is 46.4 Å². The summed E-state index contributed by atoms with van der Waals surface area (Å²) in [6.07, 6.45) is 3.26. The Hall–Kier alpha value is -0.120. The van der Waals surface area contributed by atoms with E-state index in [1.807, 2.05) is 0 Å². The van der Waals surface area contributed by atoms with Crippen LogP contribution >= 0.6 is 0 Å². The van der Waals surface area contributed by atoms with Crippen LogP contribution in [0, 0.1) is 0 Å². The third-order valence-electron chi connectivity index (χ3n) is 2.29. The molecule has 0 aliphatic heterocycles. The van der Waals surface area contributed by atoms with Crippen LogP contribution < -0.4 is 0 Å². The Balaban J connectivity index is 3.54. The molecule has 3 nitrogen and oxygen atoms in total. The Labute approximate surface area is 88.7 Å². The van der Waals surface area contributed by atoms with Gasteiger partial charge in [0.05, 0.1) is 0 Å². The number of likely N-dealkylation sites (N-methyl/N-ethyl adjacent to an activating group) is 1. The molecule has 0 spiro atoms. The van der Waals surface area contributed by atoms with Gasteiger partial charge >= 0.3 is 0 Å². The molecule has 0 aliphatic rings. The van der Waals surface area contributed by atoms with Crippen LogP contribution in [0.15, 0.2) is 0 Å². The van der Waals surface area contributed by atoms with Gasteiger partial charge in [0.1, 0.15) is 0 Å². The first-order valence-electron chi connectivity index (χ1n) is 5.68. The summed E-state index contributed by atoms with van der Waals surface area (Å²) in [6.45, 7) is 7.12. The molecular formula is C11H26N2O. The minimum atomic E-state index is 0.327. The van der Waals surface area contributed by atoms with E-state index in [2.05, 4.69) is 30.8 Å². The van der Waals surface area contributed by atoms with Crippen molar-refractivity contribution in [2.45, 2.75) is 26.2 Å². The second-order valence-corrected chi connectivity index (χ2v) is 4.08. The zero-order valence-corrected chi connectivity index (χ0v) is 10.00. The van der Waals surface area contributed by atoms with Crippen LogP contribution in [0.5, 0.6) is 0 Å². The summed E-state index contributed by atoms with van der Waals surface area (Å²) < 4.78 is 0. The topological polar surface area (TPSA) is 26.7 Å². The first kappa shape index (κ1) is 13.9. The van der Waals surface area contributed by atoms with Crippen LogP contribution in [0.1, 0.15) is 26.2 Å². The molecule has 0 radical (unpaired) electrons. The zero-order chi connectivity index (χ0) is 10.8. The van der Waals surface area contributed by atoms with Gasteiger partial charge in [0.15, 0.2) is 0 Å². The summed E-state index contributed by atoms with van der Waals surface area (Å²) >= 11 is 0. The van der Waals surface area contributed by atoms with E-state index in [1.54, 1.807) is 0 Å². The monoisotopic (exact) mass is 202 g/mol. The van der Waals surface area contributed by atoms with Crippen molar-refractivity contribution in [1.29, 1.82) is 0 Å². The molecule has 0 saturated heterocycles. The highest BCUT2D eigenvalue weighted by Crippen LogP contribution is 1.97. The van der Waals surface area contributed by atoms with Gasteiger partial charge in [0.2, 0.25) is 0 Å². The van der Waals surface area contributed by atoms with Crippen LogP contribution in [0.25, 0.3) is 0 Å². The number of nitrogens with zero attached hydrogens (tertiary/aromatic N) is 2. The highest BCUT2D eigenvalue weighted by Gasteiger charge is 2.03. The fourth-order valence-electron chi connectivity index (χ4n) is 1.44. The molecule has 0 heterocycles. The summed E-state index contributed by atoms with van der Waals surface area (Å²) in [6, 6.07) is 0. The maximum Gasteiger partial charge on any atom is 0.0431 e. The maximum absolute atomic E-state index is 8.70. The molecule has 0 rings (SSSR count). The summed E-state index contributed by atoms with van der Waals surface area (Å²) in [7, 11) is 4.22. The molecule has 3 heteroatoms. The lowest BCUT2D eigenvalue weighted by atomic mass is 10.3. The van der Waals surface area contributed by atoms with Crippen LogP contribution in [0.2, 0.25) is 0 Å². The summed E-state index contributed by atoms with van der Waals surface area (Å²) in [5, 5.41) is 8.70. The van der Waals surface area contributed by atoms with Crippen LogP contribution in [0.3, 0.4) is 0 Å². The molecule has 0 aromatic heterocycles. The van der Waals surface area contributed by atoms with E-state index in [0.717, 1.165) is 32.5 Å². The van der Waals surface area contributed by atoms with Crippen molar-refractivity contribution in [3.05, 3.63) is 0 Å². The number of rotatable bonds is 9. The number of unbranched alkanes of at least 4 members (excludes halogenated alkanes) is 1. The van der Waals surface area contributed by atoms with Gasteiger partial charge in [-0.15, -0.1) is 0 Å². The predicted molar refractivity (Wildman–Crippen MR) is 61.6 cm³/mol. The van der Waals surface area contributed by atoms with E-state index in [1.165, 1.54) is 13.0 Å². The van der Waals surface area contributed by atoms with Crippen molar-refractivity contribution in [3.63, 3.8) is 0 Å². The van der Waals surface area contributed by atoms with Crippen molar-refractivity contribution in [3.8, 4) is 0 Å². The second-order valence-electron chi connectivity index (χ2n) is 4.08. The maximum atomic E-state index is 8.70. The molecule has 0 aromatic rings. The fraction of sp³-hybridized carbons (Fsp3) is 1.00. The van der Waals surface area contributed by atoms with E-state index in [4.69, 9.17) is 5.11 Å². The van der Waals surface area contributed by atoms with E-state index >= 15 is 0 Å². The lowest BCUT2D eigenvalue weighted by Gasteiger charge is -2.23. The highest BCUT2D eigenvalue weighted by atomic mass is 16.2. The molecule has 0 aliphatic carbocycles. The third-order valence-corrected chi connectivity index (χ3v) is 2.29. The standard InChI is InChI=1S/C11H26N2O/c1-4-7-13(8-5-6-11-14)10-9-12(2)3/h14H,4-11H2,1-3H3. The molecule has 86 valence electrons. The Bertz CT molecular complexity index is 118. The molecule has 0 amide bonds. The van der Waals surface area contributed by atoms with E-state index < -0.39 is 0 Å². The number of aliphatic hydroxyl groups is 1. The van der Waals surface area contributed by atoms with Gasteiger partial charge in [0, 0.05) is 19.7 Å². The quantitative estimate of drug-likeness (QED) is 0.566. The number of aliphatic hydroxyl groups excluding tert-OH is 1. The molecule has 14 heavy (non-hydrogen) atoms. The predicted octanol–water partition coefficient (Wildman–Crippen LogP) is 1.03. The Morgan fingerprint density at radius 1 is 0.929 bits per heavy atom. The Morgan fingerprint density at radius 3 is 2.14 bits per heavy atom. The highest BCUT2D eigenvalue weighted by molar-refractivity contribution is 4.59. The minimum Gasteiger partial charge on any atom is -0.396 e. The van der Waals surface area contributed by atoms with Gasteiger partial charge in [-0.25, -0.2) is 0 Å². The zero-order valence-electron chi connectivity index (χ0n) is 10.00. The summed E-state index contributed by atoms with van der Waals surface area (Å²) in [5.74, 6) is 0. The molecule has 0 atom stereocenters. The second kappa shape index (κ2) is 9.44. The minimum absolute atomic E-state index is 0.327. The van der Waals surface area contributed by atoms with Gasteiger partial charge in [-0.1, -0.05) is 6.92 Å². The molecule has 0 bridgehead atoms. The normalized spacial score (nSPS) is 11.6. The largest absolute Gasteiger partial charge is 0.396 e. The SMILES string of the molecule is CCCN(CCCCO)CCN(C)C. The van der Waals surface area contributed by atoms with Crippen molar-refractivity contribution in [1.82, 2.24) is 9.80 Å². The van der Waals surface area contributed by atoms with Crippen LogP contribution in [-0.2, 0) is 0 Å². The van der Waals surface area contributed by atoms with Crippen molar-refractivity contribution < 1.29 is 5.11 Å². The van der Waals surface area contributed by atoms with Crippen molar-refractivity contribution >= 4 is 0 Å². The van der Waals surface area contributed by atoms with Gasteiger partial charge in [-0.2, -0.15) is 0 Å². The van der Waals surface area contributed by atoms with E-state index in [-0.39, 0.29) is 0 Å². The number of hydrogen-bond donors (Lipinski definition) is 1. The van der Waals surface area contributed by atoms with Gasteiger partial charge in [-0.3, -0.25) is 0 Å². The van der Waals surface area contributed by atoms with Crippen molar-refractivity contribution in [2.24, 2.45) is 0 Å². The molecule has 0 fully saturated rings. The summed E-state index contributed by atoms with van der Waals surface area (Å²) in [5.41, 5.74) is 0. The van der Waals surface area contributed by atoms with Crippen LogP contribution in [-0.4, -0.2) is 61.8 Å². The molecule has 0 aromatic carbocycles. The number of hydrogen-bond acceptors (Lipinski definition) is 3. The molecule has 0 unspecified atom stereocenters. The molecule has 1 N–H and O–H groups in total. The molecule has 0 saturated carbocycles. The Morgan fingerprint density at radius 2 is 1.64 bits per heavy atom. The van der Waals surface area contributed by atoms with E-state index in [9.17, 15) is 0 Å². The molecular weight excluding hydrogens is 176 g/mol. The third kappa shape index (κ3) is 8.48.